The number of hydrogen-bond donors (Lipinski definition) is 2. The Balaban J connectivity index is 1.91. The smallest absolute Gasteiger partial charge is 0.271 e. The second-order valence-electron chi connectivity index (χ2n) is 4.02. The number of nitrogens with zero attached hydrogens (tertiary/aromatic N) is 3. The van der Waals surface area contributed by atoms with E-state index in [-0.39, 0.29) is 5.91 Å². The summed E-state index contributed by atoms with van der Waals surface area (Å²) in [4.78, 5) is 24.3. The average Bonchev–Trinajstić information content (AvgIpc) is 2.87. The second kappa shape index (κ2) is 6.35. The molecule has 2 rings (SSSR count). The van der Waals surface area contributed by atoms with Gasteiger partial charge in [0, 0.05) is 24.2 Å². The van der Waals surface area contributed by atoms with Crippen LogP contribution in [0.2, 0.25) is 0 Å². The van der Waals surface area contributed by atoms with Gasteiger partial charge in [-0.1, -0.05) is 0 Å². The molecule has 0 fully saturated rings. The number of carbonyl (C=O) groups excluding carboxylic acids is 1. The van der Waals surface area contributed by atoms with Crippen LogP contribution in [0.3, 0.4) is 0 Å². The first kappa shape index (κ1) is 13.6. The molecule has 3 N–H and O–H groups in total. The topological polar surface area (TPSA) is 93.8 Å². The zero-order valence-corrected chi connectivity index (χ0v) is 11.4. The predicted octanol–water partition coefficient (Wildman–Crippen LogP) is 0.673. The summed E-state index contributed by atoms with van der Waals surface area (Å²) in [5, 5.41) is 5.35. The molecule has 2 aromatic rings. The Morgan fingerprint density at radius 2 is 2.16 bits per heavy atom. The number of thiazole rings is 1. The highest BCUT2D eigenvalue weighted by Crippen LogP contribution is 2.09. The van der Waals surface area contributed by atoms with E-state index in [9.17, 15) is 4.79 Å². The van der Waals surface area contributed by atoms with E-state index in [1.54, 1.807) is 17.8 Å². The standard InChI is InChI=1S/C12H15N5OS/c1-8-4-14-10(15-5-8)6-16-12(18)9-7-19-11(17-9)2-3-13/h4-5,7H,2-3,6,13H2,1H3,(H,16,18). The van der Waals surface area contributed by atoms with Gasteiger partial charge < -0.3 is 11.1 Å². The van der Waals surface area contributed by atoms with Gasteiger partial charge in [0.05, 0.1) is 11.6 Å². The molecule has 6 nitrogen and oxygen atoms in total. The molecule has 0 saturated heterocycles. The predicted molar refractivity (Wildman–Crippen MR) is 72.8 cm³/mol. The van der Waals surface area contributed by atoms with Crippen LogP contribution in [0.25, 0.3) is 0 Å². The Kier molecular flexibility index (Phi) is 4.53. The molecule has 0 spiro atoms. The molecule has 1 amide bonds. The minimum absolute atomic E-state index is 0.219. The lowest BCUT2D eigenvalue weighted by atomic mass is 10.4. The first-order valence-electron chi connectivity index (χ1n) is 5.89. The quantitative estimate of drug-likeness (QED) is 0.838. The number of carbonyl (C=O) groups is 1. The van der Waals surface area contributed by atoms with Crippen LogP contribution in [-0.2, 0) is 13.0 Å². The van der Waals surface area contributed by atoms with E-state index in [1.807, 2.05) is 6.92 Å². The molecule has 0 aliphatic heterocycles. The van der Waals surface area contributed by atoms with Gasteiger partial charge >= 0.3 is 0 Å². The van der Waals surface area contributed by atoms with E-state index in [0.717, 1.165) is 10.6 Å². The van der Waals surface area contributed by atoms with Crippen molar-refractivity contribution in [2.45, 2.75) is 19.9 Å². The van der Waals surface area contributed by atoms with Crippen LogP contribution in [-0.4, -0.2) is 27.4 Å². The molecule has 2 aromatic heterocycles. The summed E-state index contributed by atoms with van der Waals surface area (Å²) in [5.41, 5.74) is 6.85. The SMILES string of the molecule is Cc1cnc(CNC(=O)c2csc(CCN)n2)nc1. The van der Waals surface area contributed by atoms with Crippen molar-refractivity contribution in [2.24, 2.45) is 5.73 Å². The molecule has 7 heteroatoms. The average molecular weight is 277 g/mol. The van der Waals surface area contributed by atoms with Crippen molar-refractivity contribution < 1.29 is 4.79 Å². The van der Waals surface area contributed by atoms with Gasteiger partial charge in [-0.3, -0.25) is 4.79 Å². The Morgan fingerprint density at radius 3 is 2.84 bits per heavy atom. The van der Waals surface area contributed by atoms with E-state index in [1.165, 1.54) is 11.3 Å². The third-order valence-electron chi connectivity index (χ3n) is 2.38. The van der Waals surface area contributed by atoms with E-state index >= 15 is 0 Å². The lowest BCUT2D eigenvalue weighted by Gasteiger charge is -2.02. The molecule has 0 atom stereocenters. The van der Waals surface area contributed by atoms with Crippen molar-refractivity contribution in [1.82, 2.24) is 20.3 Å². The molecule has 0 unspecified atom stereocenters. The highest BCUT2D eigenvalue weighted by Gasteiger charge is 2.10. The number of amides is 1. The van der Waals surface area contributed by atoms with Gasteiger partial charge in [0.15, 0.2) is 0 Å². The van der Waals surface area contributed by atoms with Crippen molar-refractivity contribution in [2.75, 3.05) is 6.54 Å². The monoisotopic (exact) mass is 277 g/mol. The molecule has 0 saturated carbocycles. The van der Waals surface area contributed by atoms with E-state index in [4.69, 9.17) is 5.73 Å². The Labute approximate surface area is 115 Å². The molecule has 0 radical (unpaired) electrons. The summed E-state index contributed by atoms with van der Waals surface area (Å²) in [5.74, 6) is 0.361. The minimum atomic E-state index is -0.219. The molecule has 0 bridgehead atoms. The van der Waals surface area contributed by atoms with E-state index < -0.39 is 0 Å². The molecule has 100 valence electrons. The van der Waals surface area contributed by atoms with Crippen LogP contribution in [0.4, 0.5) is 0 Å². The number of nitrogens with one attached hydrogen (secondary N) is 1. The largest absolute Gasteiger partial charge is 0.343 e. The normalized spacial score (nSPS) is 10.4. The maximum absolute atomic E-state index is 11.8. The van der Waals surface area contributed by atoms with Gasteiger partial charge in [0.25, 0.3) is 5.91 Å². The van der Waals surface area contributed by atoms with Gasteiger partial charge in [-0.2, -0.15) is 0 Å². The summed E-state index contributed by atoms with van der Waals surface area (Å²) in [6.07, 6.45) is 4.13. The Hall–Kier alpha value is -1.86. The zero-order chi connectivity index (χ0) is 13.7. The van der Waals surface area contributed by atoms with Gasteiger partial charge in [0.1, 0.15) is 11.5 Å². The maximum Gasteiger partial charge on any atom is 0.271 e. The van der Waals surface area contributed by atoms with Crippen molar-refractivity contribution in [3.63, 3.8) is 0 Å². The van der Waals surface area contributed by atoms with Crippen LogP contribution in [0.1, 0.15) is 26.9 Å². The van der Waals surface area contributed by atoms with Crippen LogP contribution < -0.4 is 11.1 Å². The number of aryl methyl sites for hydroxylation is 1. The summed E-state index contributed by atoms with van der Waals surface area (Å²) in [7, 11) is 0. The lowest BCUT2D eigenvalue weighted by molar-refractivity contribution is 0.0945. The summed E-state index contributed by atoms with van der Waals surface area (Å²) >= 11 is 1.44. The molecule has 19 heavy (non-hydrogen) atoms. The van der Waals surface area contributed by atoms with Crippen molar-refractivity contribution >= 4 is 17.2 Å². The number of rotatable bonds is 5. The second-order valence-corrected chi connectivity index (χ2v) is 4.97. The first-order chi connectivity index (χ1) is 9.19. The van der Waals surface area contributed by atoms with Crippen LogP contribution >= 0.6 is 11.3 Å². The molecular weight excluding hydrogens is 262 g/mol. The van der Waals surface area contributed by atoms with Gasteiger partial charge in [-0.05, 0) is 19.0 Å². The first-order valence-corrected chi connectivity index (χ1v) is 6.77. The molecule has 2 heterocycles. The summed E-state index contributed by atoms with van der Waals surface area (Å²) in [6.45, 7) is 2.74. The van der Waals surface area contributed by atoms with E-state index in [0.29, 0.717) is 31.0 Å². The third-order valence-corrected chi connectivity index (χ3v) is 3.29. The minimum Gasteiger partial charge on any atom is -0.343 e. The van der Waals surface area contributed by atoms with Crippen molar-refractivity contribution in [3.05, 3.63) is 39.9 Å². The van der Waals surface area contributed by atoms with Crippen molar-refractivity contribution in [1.29, 1.82) is 0 Å². The number of aromatic nitrogens is 3. The zero-order valence-electron chi connectivity index (χ0n) is 10.6. The van der Waals surface area contributed by atoms with Gasteiger partial charge in [0.2, 0.25) is 0 Å². The van der Waals surface area contributed by atoms with E-state index in [2.05, 4.69) is 20.3 Å². The third kappa shape index (κ3) is 3.80. The van der Waals surface area contributed by atoms with Gasteiger partial charge in [-0.25, -0.2) is 15.0 Å². The summed E-state index contributed by atoms with van der Waals surface area (Å²) < 4.78 is 0. The summed E-state index contributed by atoms with van der Waals surface area (Å²) in [6, 6.07) is 0. The fourth-order valence-electron chi connectivity index (χ4n) is 1.41. The maximum atomic E-state index is 11.8. The van der Waals surface area contributed by atoms with Crippen LogP contribution in [0.15, 0.2) is 17.8 Å². The molecule has 0 aromatic carbocycles. The fourth-order valence-corrected chi connectivity index (χ4v) is 2.21. The molecule has 0 aliphatic rings. The molecular formula is C12H15N5OS. The van der Waals surface area contributed by atoms with Crippen LogP contribution in [0.5, 0.6) is 0 Å². The molecule has 0 aliphatic carbocycles. The van der Waals surface area contributed by atoms with Crippen LogP contribution in [0, 0.1) is 6.92 Å². The fraction of sp³-hybridized carbons (Fsp3) is 0.333. The van der Waals surface area contributed by atoms with Gasteiger partial charge in [-0.15, -0.1) is 11.3 Å². The van der Waals surface area contributed by atoms with Crippen molar-refractivity contribution in [3.8, 4) is 0 Å². The lowest BCUT2D eigenvalue weighted by Crippen LogP contribution is -2.24. The number of nitrogens with two attached hydrogens (primary N) is 1. The Morgan fingerprint density at radius 1 is 1.42 bits per heavy atom. The highest BCUT2D eigenvalue weighted by molar-refractivity contribution is 7.09. The number of hydrogen-bond acceptors (Lipinski definition) is 6. The Bertz CT molecular complexity index is 552. The highest BCUT2D eigenvalue weighted by atomic mass is 32.1.